The molecule has 0 atom stereocenters. The molecule has 0 radical (unpaired) electrons. The standard InChI is InChI=1S/C10H7FN2O/c11-9-3-1-2-4-10(9)13-6-8(7-14)5-12-13/h1-7H. The number of hydrogen-bond acceptors (Lipinski definition) is 2. The van der Waals surface area contributed by atoms with Crippen molar-refractivity contribution in [2.24, 2.45) is 0 Å². The minimum absolute atomic E-state index is 0.334. The Morgan fingerprint density at radius 1 is 1.36 bits per heavy atom. The molecule has 4 heteroatoms. The molecule has 0 N–H and O–H groups in total. The Kier molecular flexibility index (Phi) is 2.10. The van der Waals surface area contributed by atoms with Gasteiger partial charge in [-0.05, 0) is 12.1 Å². The van der Waals surface area contributed by atoms with Crippen LogP contribution in [0.4, 0.5) is 4.39 Å². The van der Waals surface area contributed by atoms with Crippen LogP contribution in [0.3, 0.4) is 0 Å². The van der Waals surface area contributed by atoms with E-state index in [1.54, 1.807) is 18.2 Å². The maximum Gasteiger partial charge on any atom is 0.153 e. The average molecular weight is 190 g/mol. The number of carbonyl (C=O) groups is 1. The highest BCUT2D eigenvalue weighted by molar-refractivity contribution is 5.73. The van der Waals surface area contributed by atoms with Crippen LogP contribution >= 0.6 is 0 Å². The molecule has 0 saturated carbocycles. The Labute approximate surface area is 79.8 Å². The number of para-hydroxylation sites is 1. The Hall–Kier alpha value is -1.97. The molecule has 0 fully saturated rings. The highest BCUT2D eigenvalue weighted by Gasteiger charge is 2.04. The van der Waals surface area contributed by atoms with Crippen LogP contribution in [0.1, 0.15) is 10.4 Å². The van der Waals surface area contributed by atoms with Crippen molar-refractivity contribution >= 4 is 6.29 Å². The van der Waals surface area contributed by atoms with Gasteiger partial charge in [-0.1, -0.05) is 12.1 Å². The summed E-state index contributed by atoms with van der Waals surface area (Å²) in [4.78, 5) is 10.4. The molecule has 0 amide bonds. The van der Waals surface area contributed by atoms with Gasteiger partial charge >= 0.3 is 0 Å². The maximum atomic E-state index is 13.2. The first-order valence-corrected chi connectivity index (χ1v) is 4.06. The SMILES string of the molecule is O=Cc1cnn(-c2ccccc2F)c1. The van der Waals surface area contributed by atoms with Crippen LogP contribution in [0.2, 0.25) is 0 Å². The molecule has 70 valence electrons. The van der Waals surface area contributed by atoms with E-state index in [1.807, 2.05) is 0 Å². The topological polar surface area (TPSA) is 34.9 Å². The van der Waals surface area contributed by atoms with Gasteiger partial charge < -0.3 is 0 Å². The lowest BCUT2D eigenvalue weighted by Crippen LogP contribution is -1.97. The lowest BCUT2D eigenvalue weighted by Gasteiger charge is -2.00. The molecule has 14 heavy (non-hydrogen) atoms. The molecule has 0 bridgehead atoms. The second kappa shape index (κ2) is 3.41. The van der Waals surface area contributed by atoms with Crippen LogP contribution in [-0.4, -0.2) is 16.1 Å². The Morgan fingerprint density at radius 3 is 2.79 bits per heavy atom. The second-order valence-electron chi connectivity index (χ2n) is 2.79. The number of rotatable bonds is 2. The van der Waals surface area contributed by atoms with E-state index in [1.165, 1.54) is 23.1 Å². The summed E-state index contributed by atoms with van der Waals surface area (Å²) >= 11 is 0. The quantitative estimate of drug-likeness (QED) is 0.677. The number of aromatic nitrogens is 2. The van der Waals surface area contributed by atoms with E-state index >= 15 is 0 Å². The predicted octanol–water partition coefficient (Wildman–Crippen LogP) is 1.82. The first-order valence-electron chi connectivity index (χ1n) is 4.06. The maximum absolute atomic E-state index is 13.2. The van der Waals surface area contributed by atoms with Crippen molar-refractivity contribution in [1.29, 1.82) is 0 Å². The van der Waals surface area contributed by atoms with Crippen molar-refractivity contribution < 1.29 is 9.18 Å². The zero-order chi connectivity index (χ0) is 9.97. The normalized spacial score (nSPS) is 10.1. The van der Waals surface area contributed by atoms with Crippen molar-refractivity contribution in [3.05, 3.63) is 48.0 Å². The van der Waals surface area contributed by atoms with Crippen LogP contribution in [0.15, 0.2) is 36.7 Å². The average Bonchev–Trinajstić information content (AvgIpc) is 2.67. The van der Waals surface area contributed by atoms with Gasteiger partial charge in [-0.15, -0.1) is 0 Å². The van der Waals surface area contributed by atoms with Gasteiger partial charge in [0.25, 0.3) is 0 Å². The lowest BCUT2D eigenvalue weighted by molar-refractivity contribution is 0.112. The molecule has 1 aromatic carbocycles. The van der Waals surface area contributed by atoms with Gasteiger partial charge in [0.15, 0.2) is 6.29 Å². The van der Waals surface area contributed by atoms with Gasteiger partial charge in [-0.2, -0.15) is 5.10 Å². The van der Waals surface area contributed by atoms with Gasteiger partial charge in [-0.25, -0.2) is 9.07 Å². The first-order chi connectivity index (χ1) is 6.81. The minimum atomic E-state index is -0.368. The lowest BCUT2D eigenvalue weighted by atomic mass is 10.3. The molecule has 0 saturated heterocycles. The smallest absolute Gasteiger partial charge is 0.153 e. The van der Waals surface area contributed by atoms with Crippen LogP contribution in [0.25, 0.3) is 5.69 Å². The zero-order valence-electron chi connectivity index (χ0n) is 7.22. The van der Waals surface area contributed by atoms with Crippen molar-refractivity contribution in [2.45, 2.75) is 0 Å². The largest absolute Gasteiger partial charge is 0.298 e. The number of nitrogens with zero attached hydrogens (tertiary/aromatic N) is 2. The summed E-state index contributed by atoms with van der Waals surface area (Å²) in [6.07, 6.45) is 3.54. The van der Waals surface area contributed by atoms with E-state index in [-0.39, 0.29) is 5.82 Å². The van der Waals surface area contributed by atoms with E-state index in [9.17, 15) is 9.18 Å². The summed E-state index contributed by atoms with van der Waals surface area (Å²) in [6, 6.07) is 6.25. The van der Waals surface area contributed by atoms with Crippen molar-refractivity contribution in [3.63, 3.8) is 0 Å². The van der Waals surface area contributed by atoms with Crippen molar-refractivity contribution in [1.82, 2.24) is 9.78 Å². The van der Waals surface area contributed by atoms with E-state index in [2.05, 4.69) is 5.10 Å². The first kappa shape index (κ1) is 8.62. The highest BCUT2D eigenvalue weighted by atomic mass is 19.1. The van der Waals surface area contributed by atoms with E-state index < -0.39 is 0 Å². The molecule has 0 aliphatic heterocycles. The fraction of sp³-hybridized carbons (Fsp3) is 0. The molecule has 1 aromatic heterocycles. The third kappa shape index (κ3) is 1.42. The number of halogens is 1. The van der Waals surface area contributed by atoms with Crippen LogP contribution in [0.5, 0.6) is 0 Å². The third-order valence-electron chi connectivity index (χ3n) is 1.84. The summed E-state index contributed by atoms with van der Waals surface area (Å²) in [5, 5.41) is 3.86. The van der Waals surface area contributed by atoms with Crippen LogP contribution in [-0.2, 0) is 0 Å². The van der Waals surface area contributed by atoms with E-state index in [0.717, 1.165) is 0 Å². The van der Waals surface area contributed by atoms with Gasteiger partial charge in [0.1, 0.15) is 11.5 Å². The zero-order valence-corrected chi connectivity index (χ0v) is 7.22. The summed E-state index contributed by atoms with van der Waals surface area (Å²) in [5.41, 5.74) is 0.758. The number of aldehydes is 1. The van der Waals surface area contributed by atoms with Gasteiger partial charge in [0.05, 0.1) is 11.8 Å². The molecule has 2 rings (SSSR count). The molecule has 0 aliphatic carbocycles. The predicted molar refractivity (Wildman–Crippen MR) is 48.9 cm³/mol. The molecular weight excluding hydrogens is 183 g/mol. The minimum Gasteiger partial charge on any atom is -0.298 e. The monoisotopic (exact) mass is 190 g/mol. The van der Waals surface area contributed by atoms with E-state index in [0.29, 0.717) is 17.5 Å². The summed E-state index contributed by atoms with van der Waals surface area (Å²) < 4.78 is 14.6. The molecular formula is C10H7FN2O. The van der Waals surface area contributed by atoms with Crippen LogP contribution in [0, 0.1) is 5.82 Å². The molecule has 1 heterocycles. The molecule has 0 unspecified atom stereocenters. The summed E-state index contributed by atoms with van der Waals surface area (Å²) in [5.74, 6) is -0.368. The van der Waals surface area contributed by atoms with Gasteiger partial charge in [-0.3, -0.25) is 4.79 Å². The Morgan fingerprint density at radius 2 is 2.14 bits per heavy atom. The highest BCUT2D eigenvalue weighted by Crippen LogP contribution is 2.11. The fourth-order valence-electron chi connectivity index (χ4n) is 1.17. The van der Waals surface area contributed by atoms with Crippen molar-refractivity contribution in [3.8, 4) is 5.69 Å². The van der Waals surface area contributed by atoms with Gasteiger partial charge in [0, 0.05) is 6.20 Å². The third-order valence-corrected chi connectivity index (χ3v) is 1.84. The van der Waals surface area contributed by atoms with Crippen molar-refractivity contribution in [2.75, 3.05) is 0 Å². The molecule has 0 spiro atoms. The van der Waals surface area contributed by atoms with E-state index in [4.69, 9.17) is 0 Å². The molecule has 2 aromatic rings. The molecule has 3 nitrogen and oxygen atoms in total. The molecule has 0 aliphatic rings. The number of hydrogen-bond donors (Lipinski definition) is 0. The van der Waals surface area contributed by atoms with Crippen LogP contribution < -0.4 is 0 Å². The Bertz CT molecular complexity index is 465. The fourth-order valence-corrected chi connectivity index (χ4v) is 1.17. The number of benzene rings is 1. The second-order valence-corrected chi connectivity index (χ2v) is 2.79. The summed E-state index contributed by atoms with van der Waals surface area (Å²) in [6.45, 7) is 0. The summed E-state index contributed by atoms with van der Waals surface area (Å²) in [7, 11) is 0. The van der Waals surface area contributed by atoms with Gasteiger partial charge in [0.2, 0.25) is 0 Å². The number of carbonyl (C=O) groups excluding carboxylic acids is 1. The Balaban J connectivity index is 2.49.